The first-order valence-electron chi connectivity index (χ1n) is 5.34. The van der Waals surface area contributed by atoms with Crippen LogP contribution in [0.1, 0.15) is 19.4 Å². The van der Waals surface area contributed by atoms with E-state index in [1.54, 1.807) is 13.8 Å². The molecule has 1 rings (SSSR count). The highest BCUT2D eigenvalue weighted by Crippen LogP contribution is 2.35. The molecule has 102 valence electrons. The Labute approximate surface area is 107 Å². The molecule has 0 aromatic heterocycles. The van der Waals surface area contributed by atoms with E-state index in [2.05, 4.69) is 0 Å². The third-order valence-corrected chi connectivity index (χ3v) is 2.40. The zero-order valence-electron chi connectivity index (χ0n) is 10.2. The number of hydrogen-bond acceptors (Lipinski definition) is 6. The molecule has 0 spiro atoms. The molecule has 0 aliphatic carbocycles. The minimum absolute atomic E-state index is 0.0566. The summed E-state index contributed by atoms with van der Waals surface area (Å²) in [5, 5.41) is 32.5. The molecule has 19 heavy (non-hydrogen) atoms. The largest absolute Gasteiger partial charge is 0.286 e. The summed E-state index contributed by atoms with van der Waals surface area (Å²) in [6.07, 6.45) is 0.102. The lowest BCUT2D eigenvalue weighted by atomic mass is 9.99. The molecule has 1 aromatic carbocycles. The normalized spacial score (nSPS) is 10.5. The summed E-state index contributed by atoms with van der Waals surface area (Å²) in [7, 11) is 0. The van der Waals surface area contributed by atoms with Crippen molar-refractivity contribution >= 4 is 17.1 Å². The Kier molecular flexibility index (Phi) is 4.10. The van der Waals surface area contributed by atoms with E-state index in [-0.39, 0.29) is 17.9 Å². The van der Waals surface area contributed by atoms with Crippen molar-refractivity contribution in [3.63, 3.8) is 0 Å². The van der Waals surface area contributed by atoms with E-state index < -0.39 is 31.8 Å². The van der Waals surface area contributed by atoms with Crippen LogP contribution in [-0.4, -0.2) is 14.8 Å². The highest BCUT2D eigenvalue weighted by molar-refractivity contribution is 5.60. The SMILES string of the molecule is CC(C)Cc1c([N+](=O)[O-])cc([N+](=O)[O-])cc1[N+](=O)[O-]. The minimum atomic E-state index is -0.890. The maximum Gasteiger partial charge on any atom is 0.286 e. The van der Waals surface area contributed by atoms with Gasteiger partial charge < -0.3 is 0 Å². The van der Waals surface area contributed by atoms with Gasteiger partial charge in [0.1, 0.15) is 5.56 Å². The molecule has 0 aliphatic heterocycles. The average molecular weight is 269 g/mol. The molecule has 9 nitrogen and oxygen atoms in total. The topological polar surface area (TPSA) is 129 Å². The minimum Gasteiger partial charge on any atom is -0.258 e. The third kappa shape index (κ3) is 3.21. The summed E-state index contributed by atoms with van der Waals surface area (Å²) >= 11 is 0. The second kappa shape index (κ2) is 5.38. The molecule has 0 bridgehead atoms. The van der Waals surface area contributed by atoms with E-state index in [0.29, 0.717) is 0 Å². The first-order valence-corrected chi connectivity index (χ1v) is 5.34. The quantitative estimate of drug-likeness (QED) is 0.596. The summed E-state index contributed by atoms with van der Waals surface area (Å²) < 4.78 is 0. The van der Waals surface area contributed by atoms with Gasteiger partial charge in [0.05, 0.1) is 26.9 Å². The lowest BCUT2D eigenvalue weighted by molar-refractivity contribution is -0.404. The van der Waals surface area contributed by atoms with E-state index in [9.17, 15) is 30.3 Å². The Hall–Kier alpha value is -2.58. The van der Waals surface area contributed by atoms with Crippen LogP contribution in [0.5, 0.6) is 0 Å². The van der Waals surface area contributed by atoms with Crippen LogP contribution in [0.2, 0.25) is 0 Å². The predicted molar refractivity (Wildman–Crippen MR) is 64.9 cm³/mol. The van der Waals surface area contributed by atoms with Gasteiger partial charge >= 0.3 is 0 Å². The molecule has 0 radical (unpaired) electrons. The number of benzene rings is 1. The Morgan fingerprint density at radius 3 is 1.63 bits per heavy atom. The lowest BCUT2D eigenvalue weighted by Crippen LogP contribution is -2.05. The van der Waals surface area contributed by atoms with Gasteiger partial charge in [-0.05, 0) is 12.3 Å². The second-order valence-corrected chi connectivity index (χ2v) is 4.33. The van der Waals surface area contributed by atoms with Crippen LogP contribution >= 0.6 is 0 Å². The Bertz CT molecular complexity index is 519. The molecular weight excluding hydrogens is 258 g/mol. The Morgan fingerprint density at radius 1 is 0.947 bits per heavy atom. The number of nitro benzene ring substituents is 3. The molecular formula is C10H11N3O6. The molecule has 0 heterocycles. The second-order valence-electron chi connectivity index (χ2n) is 4.33. The van der Waals surface area contributed by atoms with Crippen LogP contribution in [0.15, 0.2) is 12.1 Å². The van der Waals surface area contributed by atoms with Gasteiger partial charge in [-0.15, -0.1) is 0 Å². The van der Waals surface area contributed by atoms with Gasteiger partial charge in [-0.3, -0.25) is 30.3 Å². The number of rotatable bonds is 5. The van der Waals surface area contributed by atoms with E-state index in [4.69, 9.17) is 0 Å². The zero-order valence-corrected chi connectivity index (χ0v) is 10.2. The van der Waals surface area contributed by atoms with Crippen LogP contribution in [0.25, 0.3) is 0 Å². The van der Waals surface area contributed by atoms with Crippen molar-refractivity contribution in [2.75, 3.05) is 0 Å². The van der Waals surface area contributed by atoms with Gasteiger partial charge in [-0.25, -0.2) is 0 Å². The molecule has 9 heteroatoms. The number of nitrogens with zero attached hydrogens (tertiary/aromatic N) is 3. The smallest absolute Gasteiger partial charge is 0.258 e. The van der Waals surface area contributed by atoms with E-state index in [0.717, 1.165) is 12.1 Å². The fraction of sp³-hybridized carbons (Fsp3) is 0.400. The molecule has 0 N–H and O–H groups in total. The van der Waals surface area contributed by atoms with Crippen LogP contribution in [0.4, 0.5) is 17.1 Å². The highest BCUT2D eigenvalue weighted by atomic mass is 16.6. The molecule has 0 saturated carbocycles. The van der Waals surface area contributed by atoms with E-state index in [1.807, 2.05) is 0 Å². The molecule has 0 aliphatic rings. The third-order valence-electron chi connectivity index (χ3n) is 2.40. The summed E-state index contributed by atoms with van der Waals surface area (Å²) in [4.78, 5) is 29.9. The number of non-ortho nitro benzene ring substituents is 1. The fourth-order valence-electron chi connectivity index (χ4n) is 1.68. The standard InChI is InChI=1S/C10H11N3O6/c1-6(2)3-8-9(12(16)17)4-7(11(14)15)5-10(8)13(18)19/h4-6H,3H2,1-2H3. The van der Waals surface area contributed by atoms with Crippen LogP contribution in [-0.2, 0) is 6.42 Å². The fourth-order valence-corrected chi connectivity index (χ4v) is 1.68. The maximum absolute atomic E-state index is 10.9. The summed E-state index contributed by atoms with van der Waals surface area (Å²) in [5.41, 5.74) is -1.93. The molecule has 1 aromatic rings. The summed E-state index contributed by atoms with van der Waals surface area (Å²) in [6.45, 7) is 3.49. The van der Waals surface area contributed by atoms with Crippen LogP contribution in [0.3, 0.4) is 0 Å². The molecule has 0 amide bonds. The molecule has 0 fully saturated rings. The van der Waals surface area contributed by atoms with E-state index >= 15 is 0 Å². The monoisotopic (exact) mass is 269 g/mol. The average Bonchev–Trinajstić information content (AvgIpc) is 2.27. The van der Waals surface area contributed by atoms with Crippen molar-refractivity contribution in [2.45, 2.75) is 20.3 Å². The maximum atomic E-state index is 10.9. The van der Waals surface area contributed by atoms with Crippen molar-refractivity contribution in [2.24, 2.45) is 5.92 Å². The Morgan fingerprint density at radius 2 is 1.37 bits per heavy atom. The lowest BCUT2D eigenvalue weighted by Gasteiger charge is -2.06. The van der Waals surface area contributed by atoms with Crippen molar-refractivity contribution in [3.05, 3.63) is 48.0 Å². The van der Waals surface area contributed by atoms with Gasteiger partial charge in [0.2, 0.25) is 0 Å². The van der Waals surface area contributed by atoms with Gasteiger partial charge in [0.25, 0.3) is 17.1 Å². The first-order chi connectivity index (χ1) is 8.73. The van der Waals surface area contributed by atoms with Crippen molar-refractivity contribution in [1.82, 2.24) is 0 Å². The summed E-state index contributed by atoms with van der Waals surface area (Å²) in [6, 6.07) is 1.51. The first kappa shape index (κ1) is 14.5. The highest BCUT2D eigenvalue weighted by Gasteiger charge is 2.30. The molecule has 0 saturated heterocycles. The van der Waals surface area contributed by atoms with Crippen LogP contribution in [0, 0.1) is 36.3 Å². The Balaban J connectivity index is 3.60. The van der Waals surface area contributed by atoms with Crippen molar-refractivity contribution < 1.29 is 14.8 Å². The van der Waals surface area contributed by atoms with Gasteiger partial charge in [-0.2, -0.15) is 0 Å². The summed E-state index contributed by atoms with van der Waals surface area (Å²) in [5.74, 6) is -0.0566. The van der Waals surface area contributed by atoms with Gasteiger partial charge in [0.15, 0.2) is 0 Å². The van der Waals surface area contributed by atoms with Crippen molar-refractivity contribution in [1.29, 1.82) is 0 Å². The molecule has 0 atom stereocenters. The molecule has 0 unspecified atom stereocenters. The van der Waals surface area contributed by atoms with Gasteiger partial charge in [0, 0.05) is 0 Å². The number of nitro groups is 3. The number of hydrogen-bond donors (Lipinski definition) is 0. The zero-order chi connectivity index (χ0) is 14.7. The van der Waals surface area contributed by atoms with Crippen molar-refractivity contribution in [3.8, 4) is 0 Å². The predicted octanol–water partition coefficient (Wildman–Crippen LogP) is 2.61. The van der Waals surface area contributed by atoms with Crippen LogP contribution < -0.4 is 0 Å². The van der Waals surface area contributed by atoms with Gasteiger partial charge in [-0.1, -0.05) is 13.8 Å². The van der Waals surface area contributed by atoms with E-state index in [1.165, 1.54) is 0 Å².